The van der Waals surface area contributed by atoms with Crippen LogP contribution in [0.25, 0.3) is 0 Å². The fraction of sp³-hybridized carbons (Fsp3) is 0.333. The summed E-state index contributed by atoms with van der Waals surface area (Å²) in [7, 11) is 0. The molecule has 0 radical (unpaired) electrons. The minimum Gasteiger partial charge on any atom is -0.304 e. The van der Waals surface area contributed by atoms with Gasteiger partial charge in [-0.05, 0) is 18.9 Å². The molecule has 0 unspecified atom stereocenters. The summed E-state index contributed by atoms with van der Waals surface area (Å²) in [5.74, 6) is 4.91. The number of aryl methyl sites for hydroxylation is 1. The van der Waals surface area contributed by atoms with E-state index in [2.05, 4.69) is 36.0 Å². The summed E-state index contributed by atoms with van der Waals surface area (Å²) >= 11 is 0. The van der Waals surface area contributed by atoms with Gasteiger partial charge in [-0.1, -0.05) is 29.8 Å². The highest BCUT2D eigenvalue weighted by Crippen LogP contribution is 2.03. The molecule has 0 saturated heterocycles. The molecule has 0 amide bonds. The van der Waals surface area contributed by atoms with Crippen molar-refractivity contribution in [1.82, 2.24) is 0 Å². The van der Waals surface area contributed by atoms with Gasteiger partial charge in [0.25, 0.3) is 0 Å². The van der Waals surface area contributed by atoms with Gasteiger partial charge < -0.3 is 4.84 Å². The first kappa shape index (κ1) is 8.24. The number of nitrogens with two attached hydrogens (primary N) is 1. The fourth-order valence-electron chi connectivity index (χ4n) is 0.932. The molecule has 0 heterocycles. The van der Waals surface area contributed by atoms with Gasteiger partial charge in [0.1, 0.15) is 0 Å². The van der Waals surface area contributed by atoms with Gasteiger partial charge in [0.2, 0.25) is 0 Å². The van der Waals surface area contributed by atoms with E-state index in [1.807, 2.05) is 0 Å². The van der Waals surface area contributed by atoms with E-state index in [0.29, 0.717) is 6.61 Å². The van der Waals surface area contributed by atoms with Crippen molar-refractivity contribution in [2.75, 3.05) is 6.61 Å². The van der Waals surface area contributed by atoms with Gasteiger partial charge in [-0.3, -0.25) is 0 Å². The van der Waals surface area contributed by atoms with Crippen molar-refractivity contribution < 1.29 is 4.84 Å². The van der Waals surface area contributed by atoms with Gasteiger partial charge in [0.15, 0.2) is 0 Å². The fourth-order valence-corrected chi connectivity index (χ4v) is 0.932. The van der Waals surface area contributed by atoms with E-state index in [0.717, 1.165) is 6.42 Å². The second-order valence-electron chi connectivity index (χ2n) is 2.61. The molecule has 2 N–H and O–H groups in total. The molecule has 0 atom stereocenters. The molecule has 1 aromatic carbocycles. The molecule has 0 fully saturated rings. The quantitative estimate of drug-likeness (QED) is 0.663. The standard InChI is InChI=1S/C9H13NO/c1-8-2-4-9(5-3-8)6-7-11-10/h2-5H,6-7,10H2,1H3. The molecule has 60 valence electrons. The van der Waals surface area contributed by atoms with Crippen LogP contribution in [0.1, 0.15) is 11.1 Å². The number of benzene rings is 1. The average Bonchev–Trinajstić information content (AvgIpc) is 2.04. The van der Waals surface area contributed by atoms with Gasteiger partial charge in [-0.2, -0.15) is 0 Å². The van der Waals surface area contributed by atoms with Crippen LogP contribution in [0.4, 0.5) is 0 Å². The van der Waals surface area contributed by atoms with Gasteiger partial charge in [-0.15, -0.1) is 0 Å². The van der Waals surface area contributed by atoms with Crippen molar-refractivity contribution in [3.8, 4) is 0 Å². The van der Waals surface area contributed by atoms with Crippen LogP contribution in [0.3, 0.4) is 0 Å². The average molecular weight is 151 g/mol. The van der Waals surface area contributed by atoms with Crippen molar-refractivity contribution in [1.29, 1.82) is 0 Å². The Labute approximate surface area is 66.9 Å². The van der Waals surface area contributed by atoms with Crippen LogP contribution in [-0.4, -0.2) is 6.61 Å². The highest BCUT2D eigenvalue weighted by molar-refractivity contribution is 5.21. The van der Waals surface area contributed by atoms with E-state index in [1.54, 1.807) is 0 Å². The second-order valence-corrected chi connectivity index (χ2v) is 2.61. The lowest BCUT2D eigenvalue weighted by molar-refractivity contribution is 0.141. The van der Waals surface area contributed by atoms with Crippen LogP contribution in [0.5, 0.6) is 0 Å². The molecule has 0 aliphatic rings. The molecule has 0 bridgehead atoms. The maximum absolute atomic E-state index is 4.91. The zero-order valence-corrected chi connectivity index (χ0v) is 6.71. The molecule has 2 nitrogen and oxygen atoms in total. The van der Waals surface area contributed by atoms with Crippen molar-refractivity contribution in [2.45, 2.75) is 13.3 Å². The highest BCUT2D eigenvalue weighted by atomic mass is 16.6. The zero-order valence-electron chi connectivity index (χ0n) is 6.71. The molecule has 1 rings (SSSR count). The van der Waals surface area contributed by atoms with Crippen LogP contribution >= 0.6 is 0 Å². The van der Waals surface area contributed by atoms with Crippen LogP contribution in [0.15, 0.2) is 24.3 Å². The van der Waals surface area contributed by atoms with Crippen molar-refractivity contribution in [3.05, 3.63) is 35.4 Å². The summed E-state index contributed by atoms with van der Waals surface area (Å²) in [6, 6.07) is 8.36. The number of hydrogen-bond acceptors (Lipinski definition) is 2. The lowest BCUT2D eigenvalue weighted by Crippen LogP contribution is -2.03. The third-order valence-electron chi connectivity index (χ3n) is 1.63. The summed E-state index contributed by atoms with van der Waals surface area (Å²) in [4.78, 5) is 4.48. The summed E-state index contributed by atoms with van der Waals surface area (Å²) in [6.45, 7) is 2.66. The maximum atomic E-state index is 4.91. The molecule has 0 spiro atoms. The summed E-state index contributed by atoms with van der Waals surface area (Å²) in [6.07, 6.45) is 0.886. The minimum atomic E-state index is 0.586. The summed E-state index contributed by atoms with van der Waals surface area (Å²) in [5, 5.41) is 0. The normalized spacial score (nSPS) is 10.0. The van der Waals surface area contributed by atoms with Crippen LogP contribution < -0.4 is 5.90 Å². The molecule has 2 heteroatoms. The third-order valence-corrected chi connectivity index (χ3v) is 1.63. The van der Waals surface area contributed by atoms with E-state index in [9.17, 15) is 0 Å². The number of rotatable bonds is 3. The van der Waals surface area contributed by atoms with E-state index in [4.69, 9.17) is 5.90 Å². The molecule has 0 aliphatic heterocycles. The van der Waals surface area contributed by atoms with Crippen LogP contribution in [-0.2, 0) is 11.3 Å². The topological polar surface area (TPSA) is 35.2 Å². The summed E-state index contributed by atoms with van der Waals surface area (Å²) in [5.41, 5.74) is 2.54. The van der Waals surface area contributed by atoms with E-state index in [1.165, 1.54) is 11.1 Å². The SMILES string of the molecule is Cc1ccc(CCON)cc1. The maximum Gasteiger partial charge on any atom is 0.0719 e. The first-order valence-corrected chi connectivity index (χ1v) is 3.70. The van der Waals surface area contributed by atoms with Crippen molar-refractivity contribution >= 4 is 0 Å². The molecular formula is C9H13NO. The Morgan fingerprint density at radius 1 is 1.27 bits per heavy atom. The minimum absolute atomic E-state index is 0.586. The van der Waals surface area contributed by atoms with Crippen molar-refractivity contribution in [3.63, 3.8) is 0 Å². The monoisotopic (exact) mass is 151 g/mol. The molecule has 0 aromatic heterocycles. The largest absolute Gasteiger partial charge is 0.304 e. The van der Waals surface area contributed by atoms with Crippen LogP contribution in [0.2, 0.25) is 0 Å². The van der Waals surface area contributed by atoms with Gasteiger partial charge in [-0.25, -0.2) is 5.90 Å². The predicted molar refractivity (Wildman–Crippen MR) is 45.0 cm³/mol. The first-order valence-electron chi connectivity index (χ1n) is 3.70. The smallest absolute Gasteiger partial charge is 0.0719 e. The lowest BCUT2D eigenvalue weighted by Gasteiger charge is -1.99. The summed E-state index contributed by atoms with van der Waals surface area (Å²) < 4.78 is 0. The molecular weight excluding hydrogens is 138 g/mol. The van der Waals surface area contributed by atoms with Gasteiger partial charge in [0.05, 0.1) is 6.61 Å². The highest BCUT2D eigenvalue weighted by Gasteiger charge is 1.90. The number of hydrogen-bond donors (Lipinski definition) is 1. The Balaban J connectivity index is 2.52. The van der Waals surface area contributed by atoms with E-state index >= 15 is 0 Å². The Morgan fingerprint density at radius 2 is 1.91 bits per heavy atom. The molecule has 11 heavy (non-hydrogen) atoms. The Hall–Kier alpha value is -0.860. The molecule has 1 aromatic rings. The molecule has 0 aliphatic carbocycles. The third kappa shape index (κ3) is 2.70. The Kier molecular flexibility index (Phi) is 3.08. The second kappa shape index (κ2) is 4.11. The Morgan fingerprint density at radius 3 is 2.45 bits per heavy atom. The first-order chi connectivity index (χ1) is 5.33. The predicted octanol–water partition coefficient (Wildman–Crippen LogP) is 1.43. The van der Waals surface area contributed by atoms with Crippen LogP contribution in [0, 0.1) is 6.92 Å². The zero-order chi connectivity index (χ0) is 8.10. The Bertz CT molecular complexity index is 205. The van der Waals surface area contributed by atoms with Crippen molar-refractivity contribution in [2.24, 2.45) is 5.90 Å². The van der Waals surface area contributed by atoms with E-state index < -0.39 is 0 Å². The molecule has 0 saturated carbocycles. The van der Waals surface area contributed by atoms with E-state index in [-0.39, 0.29) is 0 Å². The van der Waals surface area contributed by atoms with Gasteiger partial charge >= 0.3 is 0 Å². The van der Waals surface area contributed by atoms with Gasteiger partial charge in [0, 0.05) is 0 Å². The lowest BCUT2D eigenvalue weighted by atomic mass is 10.1.